The standard InChI is InChI=1S/C11H17N5O2/c1-4-5-16-7(6-12)13-9-8(16)10(17)15(3)11(18)14(9)2/h4-6,12H2,1-3H3. The average molecular weight is 251 g/mol. The molecule has 2 heterocycles. The van der Waals surface area contributed by atoms with Gasteiger partial charge in [0.15, 0.2) is 11.2 Å². The molecule has 7 heteroatoms. The van der Waals surface area contributed by atoms with E-state index in [9.17, 15) is 9.59 Å². The Labute approximate surface area is 103 Å². The first-order valence-corrected chi connectivity index (χ1v) is 5.88. The van der Waals surface area contributed by atoms with Crippen molar-refractivity contribution in [1.29, 1.82) is 0 Å². The van der Waals surface area contributed by atoms with E-state index in [0.717, 1.165) is 11.0 Å². The van der Waals surface area contributed by atoms with Crippen LogP contribution in [0.25, 0.3) is 11.2 Å². The number of aryl methyl sites for hydroxylation is 2. The summed E-state index contributed by atoms with van der Waals surface area (Å²) in [5.41, 5.74) is 5.78. The van der Waals surface area contributed by atoms with Crippen LogP contribution in [-0.4, -0.2) is 18.7 Å². The van der Waals surface area contributed by atoms with Gasteiger partial charge in [-0.2, -0.15) is 0 Å². The Kier molecular flexibility index (Phi) is 3.08. The summed E-state index contributed by atoms with van der Waals surface area (Å²) in [6.45, 7) is 2.92. The Morgan fingerprint density at radius 3 is 2.44 bits per heavy atom. The van der Waals surface area contributed by atoms with E-state index in [-0.39, 0.29) is 17.8 Å². The van der Waals surface area contributed by atoms with Crippen LogP contribution in [0.1, 0.15) is 19.2 Å². The van der Waals surface area contributed by atoms with Crippen molar-refractivity contribution in [2.45, 2.75) is 26.4 Å². The molecule has 0 fully saturated rings. The summed E-state index contributed by atoms with van der Waals surface area (Å²) in [7, 11) is 3.07. The molecule has 0 saturated heterocycles. The summed E-state index contributed by atoms with van der Waals surface area (Å²) in [6.07, 6.45) is 0.866. The second kappa shape index (κ2) is 4.41. The van der Waals surface area contributed by atoms with E-state index in [1.807, 2.05) is 6.92 Å². The Morgan fingerprint density at radius 1 is 1.22 bits per heavy atom. The van der Waals surface area contributed by atoms with Gasteiger partial charge in [-0.1, -0.05) is 6.92 Å². The van der Waals surface area contributed by atoms with E-state index < -0.39 is 0 Å². The zero-order valence-electron chi connectivity index (χ0n) is 10.8. The van der Waals surface area contributed by atoms with Crippen LogP contribution in [0, 0.1) is 0 Å². The summed E-state index contributed by atoms with van der Waals surface area (Å²) in [4.78, 5) is 28.3. The SMILES string of the molecule is CCCn1c(CN)nc2c1c(=O)n(C)c(=O)n2C. The predicted octanol–water partition coefficient (Wildman–Crippen LogP) is -0.698. The molecule has 0 saturated carbocycles. The number of aromatic nitrogens is 4. The predicted molar refractivity (Wildman–Crippen MR) is 68.4 cm³/mol. The molecule has 0 aromatic carbocycles. The molecule has 0 aliphatic rings. The second-order valence-corrected chi connectivity index (χ2v) is 4.26. The zero-order chi connectivity index (χ0) is 13.4. The Hall–Kier alpha value is -1.89. The minimum atomic E-state index is -0.378. The normalized spacial score (nSPS) is 11.3. The number of nitrogens with two attached hydrogens (primary N) is 1. The highest BCUT2D eigenvalue weighted by molar-refractivity contribution is 5.71. The largest absolute Gasteiger partial charge is 0.332 e. The summed E-state index contributed by atoms with van der Waals surface area (Å²) in [5, 5.41) is 0. The Morgan fingerprint density at radius 2 is 1.89 bits per heavy atom. The molecular weight excluding hydrogens is 234 g/mol. The first-order chi connectivity index (χ1) is 8.52. The highest BCUT2D eigenvalue weighted by atomic mass is 16.2. The first-order valence-electron chi connectivity index (χ1n) is 5.88. The number of fused-ring (bicyclic) bond motifs is 1. The van der Waals surface area contributed by atoms with Gasteiger partial charge in [-0.05, 0) is 6.42 Å². The molecule has 0 atom stereocenters. The number of imidazole rings is 1. The third kappa shape index (κ3) is 1.59. The van der Waals surface area contributed by atoms with Crippen molar-refractivity contribution in [3.05, 3.63) is 26.7 Å². The molecule has 0 aliphatic heterocycles. The molecule has 18 heavy (non-hydrogen) atoms. The molecule has 2 rings (SSSR count). The van der Waals surface area contributed by atoms with E-state index in [0.29, 0.717) is 23.5 Å². The summed E-state index contributed by atoms with van der Waals surface area (Å²) < 4.78 is 4.27. The van der Waals surface area contributed by atoms with Crippen LogP contribution in [0.5, 0.6) is 0 Å². The van der Waals surface area contributed by atoms with Crippen LogP contribution < -0.4 is 17.0 Å². The van der Waals surface area contributed by atoms with Crippen LogP contribution >= 0.6 is 0 Å². The van der Waals surface area contributed by atoms with Crippen LogP contribution in [0.4, 0.5) is 0 Å². The van der Waals surface area contributed by atoms with E-state index in [2.05, 4.69) is 4.98 Å². The molecule has 98 valence electrons. The number of rotatable bonds is 3. The van der Waals surface area contributed by atoms with Gasteiger partial charge < -0.3 is 10.3 Å². The maximum absolute atomic E-state index is 12.2. The van der Waals surface area contributed by atoms with Gasteiger partial charge in [0.25, 0.3) is 5.56 Å². The smallest absolute Gasteiger partial charge is 0.324 e. The van der Waals surface area contributed by atoms with Crippen molar-refractivity contribution in [2.24, 2.45) is 19.8 Å². The van der Waals surface area contributed by atoms with Crippen LogP contribution in [0.2, 0.25) is 0 Å². The van der Waals surface area contributed by atoms with Gasteiger partial charge in [0.05, 0.1) is 6.54 Å². The lowest BCUT2D eigenvalue weighted by Gasteiger charge is -2.06. The van der Waals surface area contributed by atoms with Crippen LogP contribution in [0.3, 0.4) is 0 Å². The highest BCUT2D eigenvalue weighted by Crippen LogP contribution is 2.11. The molecule has 0 aliphatic carbocycles. The summed E-state index contributed by atoms with van der Waals surface area (Å²) >= 11 is 0. The van der Waals surface area contributed by atoms with Crippen molar-refractivity contribution in [2.75, 3.05) is 0 Å². The summed E-state index contributed by atoms with van der Waals surface area (Å²) in [5.74, 6) is 0.630. The number of hydrogen-bond donors (Lipinski definition) is 1. The van der Waals surface area contributed by atoms with Gasteiger partial charge in [0, 0.05) is 20.6 Å². The van der Waals surface area contributed by atoms with Gasteiger partial charge in [0.1, 0.15) is 5.82 Å². The monoisotopic (exact) mass is 251 g/mol. The fourth-order valence-corrected chi connectivity index (χ4v) is 2.11. The molecule has 2 N–H and O–H groups in total. The topological polar surface area (TPSA) is 87.8 Å². The molecule has 0 bridgehead atoms. The molecule has 2 aromatic rings. The van der Waals surface area contributed by atoms with E-state index in [1.165, 1.54) is 11.6 Å². The lowest BCUT2D eigenvalue weighted by molar-refractivity contribution is 0.647. The number of nitrogens with zero attached hydrogens (tertiary/aromatic N) is 4. The van der Waals surface area contributed by atoms with Gasteiger partial charge in [-0.25, -0.2) is 9.78 Å². The minimum Gasteiger partial charge on any atom is -0.324 e. The van der Waals surface area contributed by atoms with Crippen LogP contribution in [-0.2, 0) is 27.2 Å². The molecule has 0 amide bonds. The minimum absolute atomic E-state index is 0.242. The van der Waals surface area contributed by atoms with Crippen molar-refractivity contribution in [3.8, 4) is 0 Å². The second-order valence-electron chi connectivity index (χ2n) is 4.26. The molecule has 0 unspecified atom stereocenters. The maximum Gasteiger partial charge on any atom is 0.332 e. The molecular formula is C11H17N5O2. The Bertz CT molecular complexity index is 707. The van der Waals surface area contributed by atoms with E-state index >= 15 is 0 Å². The average Bonchev–Trinajstić information content (AvgIpc) is 2.73. The summed E-state index contributed by atoms with van der Waals surface area (Å²) in [6, 6.07) is 0. The number of hydrogen-bond acceptors (Lipinski definition) is 4. The van der Waals surface area contributed by atoms with Crippen molar-refractivity contribution >= 4 is 11.2 Å². The fraction of sp³-hybridized carbons (Fsp3) is 0.545. The third-order valence-corrected chi connectivity index (χ3v) is 3.06. The van der Waals surface area contributed by atoms with Gasteiger partial charge >= 0.3 is 5.69 Å². The van der Waals surface area contributed by atoms with Gasteiger partial charge in [-0.15, -0.1) is 0 Å². The lowest BCUT2D eigenvalue weighted by Crippen LogP contribution is -2.37. The fourth-order valence-electron chi connectivity index (χ4n) is 2.11. The molecule has 0 radical (unpaired) electrons. The van der Waals surface area contributed by atoms with Crippen LogP contribution in [0.15, 0.2) is 9.59 Å². The maximum atomic E-state index is 12.2. The van der Waals surface area contributed by atoms with E-state index in [4.69, 9.17) is 5.73 Å². The lowest BCUT2D eigenvalue weighted by atomic mass is 10.4. The van der Waals surface area contributed by atoms with Crippen molar-refractivity contribution in [3.63, 3.8) is 0 Å². The zero-order valence-corrected chi connectivity index (χ0v) is 10.8. The molecule has 2 aromatic heterocycles. The van der Waals surface area contributed by atoms with Gasteiger partial charge in [0.2, 0.25) is 0 Å². The molecule has 0 spiro atoms. The Balaban J connectivity index is 3.00. The van der Waals surface area contributed by atoms with Crippen molar-refractivity contribution < 1.29 is 0 Å². The third-order valence-electron chi connectivity index (χ3n) is 3.06. The molecule has 7 nitrogen and oxygen atoms in total. The van der Waals surface area contributed by atoms with Crippen molar-refractivity contribution in [1.82, 2.24) is 18.7 Å². The first kappa shape index (κ1) is 12.6. The highest BCUT2D eigenvalue weighted by Gasteiger charge is 2.17. The van der Waals surface area contributed by atoms with E-state index in [1.54, 1.807) is 11.6 Å². The quantitative estimate of drug-likeness (QED) is 0.781. The van der Waals surface area contributed by atoms with Gasteiger partial charge in [-0.3, -0.25) is 13.9 Å².